The van der Waals surface area contributed by atoms with E-state index in [-0.39, 0.29) is 10.6 Å². The number of sulfonamides is 1. The van der Waals surface area contributed by atoms with E-state index < -0.39 is 39.4 Å². The van der Waals surface area contributed by atoms with Crippen molar-refractivity contribution in [2.45, 2.75) is 22.7 Å². The average Bonchev–Trinajstić information content (AvgIpc) is 2.70. The fourth-order valence-electron chi connectivity index (χ4n) is 2.98. The van der Waals surface area contributed by atoms with Gasteiger partial charge in [-0.3, -0.25) is 0 Å². The first kappa shape index (κ1) is 23.0. The van der Waals surface area contributed by atoms with Crippen molar-refractivity contribution in [3.05, 3.63) is 82.9 Å². The molecule has 2 atom stereocenters. The number of halogens is 4. The Morgan fingerprint density at radius 3 is 2.26 bits per heavy atom. The molecule has 1 aliphatic rings. The molecular formula is C20H15BrF3NO5S. The quantitative estimate of drug-likeness (QED) is 0.602. The van der Waals surface area contributed by atoms with Crippen molar-refractivity contribution in [3.8, 4) is 5.75 Å². The summed E-state index contributed by atoms with van der Waals surface area (Å²) in [6, 6.07) is 10.0. The van der Waals surface area contributed by atoms with Gasteiger partial charge in [0.1, 0.15) is 11.8 Å². The van der Waals surface area contributed by atoms with E-state index in [4.69, 9.17) is 4.74 Å². The Balaban J connectivity index is 2.13. The molecule has 0 aliphatic heterocycles. The molecule has 0 aromatic heterocycles. The molecule has 0 saturated heterocycles. The van der Waals surface area contributed by atoms with Crippen LogP contribution in [0.25, 0.3) is 0 Å². The van der Waals surface area contributed by atoms with Gasteiger partial charge in [-0.2, -0.15) is 17.9 Å². The molecule has 0 saturated carbocycles. The van der Waals surface area contributed by atoms with Crippen LogP contribution in [-0.2, 0) is 14.8 Å². The van der Waals surface area contributed by atoms with E-state index in [0.717, 1.165) is 12.2 Å². The molecule has 0 bridgehead atoms. The maximum Gasteiger partial charge on any atom is 0.414 e. The molecule has 164 valence electrons. The van der Waals surface area contributed by atoms with Gasteiger partial charge in [0.15, 0.2) is 0 Å². The number of benzene rings is 2. The third-order valence-corrected chi connectivity index (χ3v) is 6.42. The largest absolute Gasteiger partial charge is 0.478 e. The summed E-state index contributed by atoms with van der Waals surface area (Å²) in [7, 11) is -4.53. The standard InChI is InChI=1S/C20H15BrF3NO5S/c21-13-8-10-14(11-9-13)30-19(18(26)27)12-4-7-16(20(22,23)24)17(19)25-31(28,29)15-5-2-1-3-6-15/h1-12,17,25H,(H,26,27). The monoisotopic (exact) mass is 517 g/mol. The Labute approximate surface area is 184 Å². The fourth-order valence-corrected chi connectivity index (χ4v) is 4.51. The van der Waals surface area contributed by atoms with Crippen molar-refractivity contribution in [1.82, 2.24) is 4.72 Å². The van der Waals surface area contributed by atoms with Gasteiger partial charge in [-0.15, -0.1) is 0 Å². The molecule has 0 radical (unpaired) electrons. The van der Waals surface area contributed by atoms with Crippen LogP contribution in [0.4, 0.5) is 13.2 Å². The Hall–Kier alpha value is -2.63. The Bertz CT molecular complexity index is 1130. The molecule has 2 N–H and O–H groups in total. The molecule has 2 aromatic rings. The first-order valence-corrected chi connectivity index (χ1v) is 11.0. The Morgan fingerprint density at radius 2 is 1.71 bits per heavy atom. The number of hydrogen-bond donors (Lipinski definition) is 2. The molecule has 2 unspecified atom stereocenters. The van der Waals surface area contributed by atoms with E-state index in [9.17, 15) is 31.5 Å². The second kappa shape index (κ2) is 8.48. The number of nitrogens with one attached hydrogen (secondary N) is 1. The highest BCUT2D eigenvalue weighted by Gasteiger charge is 2.56. The minimum Gasteiger partial charge on any atom is -0.478 e. The van der Waals surface area contributed by atoms with Crippen molar-refractivity contribution in [1.29, 1.82) is 0 Å². The lowest BCUT2D eigenvalue weighted by molar-refractivity contribution is -0.154. The maximum absolute atomic E-state index is 13.8. The van der Waals surface area contributed by atoms with Gasteiger partial charge in [0.2, 0.25) is 15.6 Å². The van der Waals surface area contributed by atoms with Gasteiger partial charge in [0.05, 0.1) is 10.5 Å². The first-order chi connectivity index (χ1) is 14.5. The highest BCUT2D eigenvalue weighted by atomic mass is 79.9. The van der Waals surface area contributed by atoms with E-state index in [2.05, 4.69) is 15.9 Å². The summed E-state index contributed by atoms with van der Waals surface area (Å²) in [6.45, 7) is 0. The zero-order chi connectivity index (χ0) is 22.9. The van der Waals surface area contributed by atoms with Crippen LogP contribution in [0.3, 0.4) is 0 Å². The van der Waals surface area contributed by atoms with Gasteiger partial charge in [-0.1, -0.05) is 46.3 Å². The second-order valence-electron chi connectivity index (χ2n) is 6.50. The molecule has 0 amide bonds. The van der Waals surface area contributed by atoms with E-state index in [1.165, 1.54) is 54.6 Å². The third-order valence-electron chi connectivity index (χ3n) is 4.45. The third kappa shape index (κ3) is 4.83. The number of alkyl halides is 3. The SMILES string of the molecule is O=C(O)C1(Oc2ccc(Br)cc2)C=CC=C(C(F)(F)F)C1NS(=O)(=O)c1ccccc1. The number of carbonyl (C=O) groups is 1. The smallest absolute Gasteiger partial charge is 0.414 e. The summed E-state index contributed by atoms with van der Waals surface area (Å²) in [5.41, 5.74) is -4.11. The van der Waals surface area contributed by atoms with Gasteiger partial charge in [0, 0.05) is 4.47 Å². The summed E-state index contributed by atoms with van der Waals surface area (Å²) in [5, 5.41) is 9.91. The summed E-state index contributed by atoms with van der Waals surface area (Å²) >= 11 is 3.19. The van der Waals surface area contributed by atoms with Crippen LogP contribution in [-0.4, -0.2) is 37.3 Å². The molecule has 0 fully saturated rings. The van der Waals surface area contributed by atoms with E-state index in [1.54, 1.807) is 0 Å². The molecule has 6 nitrogen and oxygen atoms in total. The Morgan fingerprint density at radius 1 is 1.10 bits per heavy atom. The highest BCUT2D eigenvalue weighted by Crippen LogP contribution is 2.39. The summed E-state index contributed by atoms with van der Waals surface area (Å²) in [4.78, 5) is 11.9. The molecule has 2 aromatic carbocycles. The summed E-state index contributed by atoms with van der Waals surface area (Å²) < 4.78 is 74.9. The van der Waals surface area contributed by atoms with Crippen LogP contribution in [0.2, 0.25) is 0 Å². The second-order valence-corrected chi connectivity index (χ2v) is 9.13. The van der Waals surface area contributed by atoms with Gasteiger partial charge >= 0.3 is 12.1 Å². The lowest BCUT2D eigenvalue weighted by Gasteiger charge is -2.38. The predicted octanol–water partition coefficient (Wildman–Crippen LogP) is 4.06. The average molecular weight is 518 g/mol. The molecule has 31 heavy (non-hydrogen) atoms. The number of rotatable bonds is 6. The van der Waals surface area contributed by atoms with E-state index >= 15 is 0 Å². The minimum atomic E-state index is -5.03. The Kier molecular flexibility index (Phi) is 6.30. The molecule has 0 heterocycles. The molecule has 0 spiro atoms. The van der Waals surface area contributed by atoms with Crippen LogP contribution in [0, 0.1) is 0 Å². The number of aliphatic carboxylic acids is 1. The summed E-state index contributed by atoms with van der Waals surface area (Å²) in [5.74, 6) is -1.87. The molecule has 11 heteroatoms. The van der Waals surface area contributed by atoms with Crippen LogP contribution < -0.4 is 9.46 Å². The number of hydrogen-bond acceptors (Lipinski definition) is 4. The fraction of sp³-hybridized carbons (Fsp3) is 0.150. The normalized spacial score (nSPS) is 21.4. The van der Waals surface area contributed by atoms with E-state index in [1.807, 2.05) is 4.72 Å². The zero-order valence-electron chi connectivity index (χ0n) is 15.5. The first-order valence-electron chi connectivity index (χ1n) is 8.68. The van der Waals surface area contributed by atoms with E-state index in [0.29, 0.717) is 10.5 Å². The molecule has 1 aliphatic carbocycles. The summed E-state index contributed by atoms with van der Waals surface area (Å²) in [6.07, 6.45) is -2.66. The van der Waals surface area contributed by atoms with Crippen LogP contribution in [0.15, 0.2) is 87.8 Å². The number of allylic oxidation sites excluding steroid dienone is 2. The number of carboxylic acids is 1. The van der Waals surface area contributed by atoms with Crippen molar-refractivity contribution in [3.63, 3.8) is 0 Å². The van der Waals surface area contributed by atoms with Crippen molar-refractivity contribution in [2.75, 3.05) is 0 Å². The van der Waals surface area contributed by atoms with Crippen molar-refractivity contribution >= 4 is 31.9 Å². The lowest BCUT2D eigenvalue weighted by Crippen LogP contribution is -2.62. The van der Waals surface area contributed by atoms with Crippen LogP contribution in [0.1, 0.15) is 0 Å². The zero-order valence-corrected chi connectivity index (χ0v) is 17.9. The highest BCUT2D eigenvalue weighted by molar-refractivity contribution is 9.10. The van der Waals surface area contributed by atoms with Crippen LogP contribution >= 0.6 is 15.9 Å². The van der Waals surface area contributed by atoms with Crippen molar-refractivity contribution in [2.24, 2.45) is 0 Å². The topological polar surface area (TPSA) is 92.7 Å². The molecule has 3 rings (SSSR count). The maximum atomic E-state index is 13.8. The molecular weight excluding hydrogens is 503 g/mol. The van der Waals surface area contributed by atoms with Gasteiger partial charge in [0.25, 0.3) is 0 Å². The number of carboxylic acid groups (broad SMARTS) is 1. The van der Waals surface area contributed by atoms with Crippen LogP contribution in [0.5, 0.6) is 5.75 Å². The lowest BCUT2D eigenvalue weighted by atomic mass is 9.84. The van der Waals surface area contributed by atoms with Gasteiger partial charge < -0.3 is 9.84 Å². The minimum absolute atomic E-state index is 0.0671. The number of ether oxygens (including phenoxy) is 1. The van der Waals surface area contributed by atoms with Gasteiger partial charge in [-0.25, -0.2) is 13.2 Å². The predicted molar refractivity (Wildman–Crippen MR) is 109 cm³/mol. The van der Waals surface area contributed by atoms with Gasteiger partial charge in [-0.05, 0) is 42.5 Å². The van der Waals surface area contributed by atoms with Crippen molar-refractivity contribution < 1.29 is 36.2 Å².